The highest BCUT2D eigenvalue weighted by Crippen LogP contribution is 2.35. The minimum Gasteiger partial charge on any atom is -0.424 e. The summed E-state index contributed by atoms with van der Waals surface area (Å²) >= 11 is 5.73. The van der Waals surface area contributed by atoms with Crippen LogP contribution in [0, 0.1) is 10.1 Å². The van der Waals surface area contributed by atoms with E-state index in [2.05, 4.69) is 5.16 Å². The van der Waals surface area contributed by atoms with Crippen molar-refractivity contribution in [1.82, 2.24) is 0 Å². The lowest BCUT2D eigenvalue weighted by Gasteiger charge is -2.15. The van der Waals surface area contributed by atoms with Crippen molar-refractivity contribution in [2.75, 3.05) is 0 Å². The van der Waals surface area contributed by atoms with Crippen molar-refractivity contribution in [3.8, 4) is 5.75 Å². The van der Waals surface area contributed by atoms with Crippen LogP contribution < -0.4 is 4.74 Å². The average Bonchev–Trinajstić information content (AvgIpc) is 2.56. The number of halogens is 4. The summed E-state index contributed by atoms with van der Waals surface area (Å²) in [5, 5.41) is 22.8. The summed E-state index contributed by atoms with van der Waals surface area (Å²) in [6, 6.07) is 9.79. The lowest BCUT2D eigenvalue weighted by molar-refractivity contribution is -0.540. The standard InChI is InChI=1S/C15H10ClF3N2O4/c16-11-8-10(15(17,18)19)6-7-12(11)25-14(21(23)24)13(20-22)9-4-2-1-3-5-9/h1-8,14,22H. The molecule has 0 saturated carbocycles. The molecule has 0 amide bonds. The van der Waals surface area contributed by atoms with Crippen LogP contribution in [0.3, 0.4) is 0 Å². The number of nitro groups is 1. The summed E-state index contributed by atoms with van der Waals surface area (Å²) in [4.78, 5) is 10.4. The monoisotopic (exact) mass is 374 g/mol. The van der Waals surface area contributed by atoms with Crippen molar-refractivity contribution < 1.29 is 28.0 Å². The van der Waals surface area contributed by atoms with E-state index in [-0.39, 0.29) is 11.3 Å². The van der Waals surface area contributed by atoms with Gasteiger partial charge in [-0.2, -0.15) is 13.2 Å². The molecule has 0 bridgehead atoms. The lowest BCUT2D eigenvalue weighted by atomic mass is 10.1. The van der Waals surface area contributed by atoms with Gasteiger partial charge in [-0.15, -0.1) is 0 Å². The molecule has 25 heavy (non-hydrogen) atoms. The van der Waals surface area contributed by atoms with Gasteiger partial charge in [-0.3, -0.25) is 10.1 Å². The summed E-state index contributed by atoms with van der Waals surface area (Å²) in [6.07, 6.45) is -6.59. The van der Waals surface area contributed by atoms with E-state index in [0.717, 1.165) is 6.07 Å². The Morgan fingerprint density at radius 3 is 2.36 bits per heavy atom. The molecule has 0 spiro atoms. The average molecular weight is 375 g/mol. The summed E-state index contributed by atoms with van der Waals surface area (Å²) in [5.41, 5.74) is -1.25. The number of hydrogen-bond acceptors (Lipinski definition) is 5. The van der Waals surface area contributed by atoms with Gasteiger partial charge in [-0.05, 0) is 18.2 Å². The number of oxime groups is 1. The fourth-order valence-corrected chi connectivity index (χ4v) is 2.18. The van der Waals surface area contributed by atoms with E-state index < -0.39 is 33.6 Å². The zero-order valence-electron chi connectivity index (χ0n) is 12.3. The first-order valence-electron chi connectivity index (χ1n) is 6.68. The Bertz CT molecular complexity index is 797. The van der Waals surface area contributed by atoms with Crippen LogP contribution in [-0.2, 0) is 6.18 Å². The highest BCUT2D eigenvalue weighted by molar-refractivity contribution is 6.32. The molecule has 0 fully saturated rings. The molecule has 0 saturated heterocycles. The third kappa shape index (κ3) is 4.38. The molecule has 10 heteroatoms. The molecule has 0 radical (unpaired) electrons. The highest BCUT2D eigenvalue weighted by atomic mass is 35.5. The topological polar surface area (TPSA) is 85.0 Å². The van der Waals surface area contributed by atoms with Crippen molar-refractivity contribution in [3.05, 3.63) is 74.8 Å². The molecule has 132 valence electrons. The van der Waals surface area contributed by atoms with E-state index in [1.165, 1.54) is 12.1 Å². The van der Waals surface area contributed by atoms with Gasteiger partial charge in [-0.25, -0.2) is 0 Å². The maximum absolute atomic E-state index is 12.6. The maximum atomic E-state index is 12.6. The smallest absolute Gasteiger partial charge is 0.416 e. The van der Waals surface area contributed by atoms with Gasteiger partial charge in [0.2, 0.25) is 5.71 Å². The van der Waals surface area contributed by atoms with Crippen molar-refractivity contribution in [3.63, 3.8) is 0 Å². The largest absolute Gasteiger partial charge is 0.424 e. The molecular formula is C15H10ClF3N2O4. The zero-order valence-corrected chi connectivity index (χ0v) is 13.0. The molecular weight excluding hydrogens is 365 g/mol. The van der Waals surface area contributed by atoms with Crippen molar-refractivity contribution >= 4 is 17.3 Å². The fourth-order valence-electron chi connectivity index (χ4n) is 1.95. The first-order valence-corrected chi connectivity index (χ1v) is 7.06. The second-order valence-electron chi connectivity index (χ2n) is 4.75. The van der Waals surface area contributed by atoms with Gasteiger partial charge in [-0.1, -0.05) is 47.1 Å². The second kappa shape index (κ2) is 7.39. The second-order valence-corrected chi connectivity index (χ2v) is 5.16. The Morgan fingerprint density at radius 2 is 1.88 bits per heavy atom. The quantitative estimate of drug-likeness (QED) is 0.279. The van der Waals surface area contributed by atoms with E-state index in [4.69, 9.17) is 21.5 Å². The van der Waals surface area contributed by atoms with Crippen LogP contribution in [0.4, 0.5) is 13.2 Å². The molecule has 0 aliphatic rings. The third-order valence-electron chi connectivity index (χ3n) is 3.10. The number of alkyl halides is 3. The summed E-state index contributed by atoms with van der Waals surface area (Å²) in [5.74, 6) is -0.353. The summed E-state index contributed by atoms with van der Waals surface area (Å²) in [6.45, 7) is 0. The van der Waals surface area contributed by atoms with Gasteiger partial charge in [0.05, 0.1) is 15.5 Å². The number of rotatable bonds is 5. The third-order valence-corrected chi connectivity index (χ3v) is 3.40. The number of hydrogen-bond donors (Lipinski definition) is 1. The zero-order chi connectivity index (χ0) is 18.6. The molecule has 0 aliphatic heterocycles. The van der Waals surface area contributed by atoms with E-state index in [9.17, 15) is 23.3 Å². The fraction of sp³-hybridized carbons (Fsp3) is 0.133. The van der Waals surface area contributed by atoms with Crippen LogP contribution >= 0.6 is 11.6 Å². The Hall–Kier alpha value is -2.81. The SMILES string of the molecule is O=[N+]([O-])C(Oc1ccc(C(F)(F)F)cc1Cl)C(=NO)c1ccccc1. The molecule has 6 nitrogen and oxygen atoms in total. The molecule has 0 aromatic heterocycles. The van der Waals surface area contributed by atoms with E-state index in [1.807, 2.05) is 0 Å². The lowest BCUT2D eigenvalue weighted by Crippen LogP contribution is -2.36. The minimum absolute atomic E-state index is 0.203. The number of nitrogens with zero attached hydrogens (tertiary/aromatic N) is 2. The minimum atomic E-state index is -4.62. The Morgan fingerprint density at radius 1 is 1.24 bits per heavy atom. The predicted molar refractivity (Wildman–Crippen MR) is 82.6 cm³/mol. The van der Waals surface area contributed by atoms with E-state index in [1.54, 1.807) is 18.2 Å². The molecule has 0 heterocycles. The summed E-state index contributed by atoms with van der Waals surface area (Å²) < 4.78 is 43.0. The summed E-state index contributed by atoms with van der Waals surface area (Å²) in [7, 11) is 0. The van der Waals surface area contributed by atoms with Gasteiger partial charge in [0.1, 0.15) is 5.75 Å². The van der Waals surface area contributed by atoms with E-state index in [0.29, 0.717) is 12.1 Å². The van der Waals surface area contributed by atoms with Gasteiger partial charge in [0, 0.05) is 5.56 Å². The Kier molecular flexibility index (Phi) is 5.48. The number of ether oxygens (including phenoxy) is 1. The van der Waals surface area contributed by atoms with Crippen LogP contribution in [0.1, 0.15) is 11.1 Å². The molecule has 1 N–H and O–H groups in total. The Labute approximate surface area is 144 Å². The van der Waals surface area contributed by atoms with Crippen LogP contribution in [0.15, 0.2) is 53.7 Å². The highest BCUT2D eigenvalue weighted by Gasteiger charge is 2.34. The van der Waals surface area contributed by atoms with Crippen molar-refractivity contribution in [2.45, 2.75) is 12.4 Å². The van der Waals surface area contributed by atoms with Gasteiger partial charge >= 0.3 is 12.4 Å². The van der Waals surface area contributed by atoms with Crippen LogP contribution in [-0.4, -0.2) is 22.1 Å². The van der Waals surface area contributed by atoms with Crippen molar-refractivity contribution in [1.29, 1.82) is 0 Å². The van der Waals surface area contributed by atoms with Crippen molar-refractivity contribution in [2.24, 2.45) is 5.16 Å². The molecule has 1 atom stereocenters. The maximum Gasteiger partial charge on any atom is 0.416 e. The predicted octanol–water partition coefficient (Wildman–Crippen LogP) is 4.22. The first-order chi connectivity index (χ1) is 11.7. The molecule has 0 aliphatic carbocycles. The number of benzene rings is 2. The van der Waals surface area contributed by atoms with Gasteiger partial charge in [0.25, 0.3) is 0 Å². The molecule has 2 rings (SSSR count). The first kappa shape index (κ1) is 18.5. The normalized spacial score (nSPS) is 13.4. The van der Waals surface area contributed by atoms with Crippen LogP contribution in [0.25, 0.3) is 0 Å². The molecule has 2 aromatic carbocycles. The molecule has 1 unspecified atom stereocenters. The van der Waals surface area contributed by atoms with E-state index >= 15 is 0 Å². The van der Waals surface area contributed by atoms with Gasteiger partial charge in [0.15, 0.2) is 0 Å². The molecule has 2 aromatic rings. The van der Waals surface area contributed by atoms with Crippen LogP contribution in [0.5, 0.6) is 5.75 Å². The van der Waals surface area contributed by atoms with Crippen LogP contribution in [0.2, 0.25) is 5.02 Å². The van der Waals surface area contributed by atoms with Gasteiger partial charge < -0.3 is 9.94 Å². The Balaban J connectivity index is 2.36.